The van der Waals surface area contributed by atoms with Crippen molar-refractivity contribution in [1.82, 2.24) is 14.5 Å². The van der Waals surface area contributed by atoms with Crippen molar-refractivity contribution >= 4 is 17.1 Å². The van der Waals surface area contributed by atoms with Gasteiger partial charge in [-0.1, -0.05) is 0 Å². The van der Waals surface area contributed by atoms with Crippen LogP contribution in [0.3, 0.4) is 0 Å². The van der Waals surface area contributed by atoms with Crippen LogP contribution in [-0.4, -0.2) is 39.9 Å². The lowest BCUT2D eigenvalue weighted by Crippen LogP contribution is -2.09. The zero-order valence-corrected chi connectivity index (χ0v) is 14.1. The molecule has 2 heterocycles. The van der Waals surface area contributed by atoms with Crippen molar-refractivity contribution < 1.29 is 23.0 Å². The second-order valence-corrected chi connectivity index (χ2v) is 5.60. The van der Waals surface area contributed by atoms with Crippen LogP contribution in [0.15, 0.2) is 30.3 Å². The molecule has 0 aliphatic carbocycles. The molecule has 2 aromatic heterocycles. The van der Waals surface area contributed by atoms with E-state index in [2.05, 4.69) is 15.3 Å². The third-order valence-corrected chi connectivity index (χ3v) is 3.95. The molecule has 3 aromatic rings. The minimum atomic E-state index is -4.45. The van der Waals surface area contributed by atoms with Crippen LogP contribution in [-0.2, 0) is 13.2 Å². The van der Waals surface area contributed by atoms with Gasteiger partial charge >= 0.3 is 6.18 Å². The Balaban J connectivity index is 2.05. The molecule has 9 heteroatoms. The van der Waals surface area contributed by atoms with Crippen LogP contribution in [0.4, 0.5) is 19.1 Å². The van der Waals surface area contributed by atoms with Gasteiger partial charge in [-0.15, -0.1) is 0 Å². The SMILES string of the molecule is COc1cc(C(F)(F)F)ccc1-c1ccc2c(n1)nc(NCCO)n2C. The molecule has 138 valence electrons. The predicted octanol–water partition coefficient (Wildman–Crippen LogP) is 3.07. The molecule has 0 unspecified atom stereocenters. The summed E-state index contributed by atoms with van der Waals surface area (Å²) in [7, 11) is 3.12. The molecule has 0 aliphatic rings. The molecule has 0 radical (unpaired) electrons. The van der Waals surface area contributed by atoms with Crippen LogP contribution in [0, 0.1) is 0 Å². The highest BCUT2D eigenvalue weighted by Crippen LogP contribution is 2.36. The lowest BCUT2D eigenvalue weighted by atomic mass is 10.1. The zero-order chi connectivity index (χ0) is 18.9. The van der Waals surface area contributed by atoms with E-state index in [4.69, 9.17) is 9.84 Å². The second-order valence-electron chi connectivity index (χ2n) is 5.60. The minimum Gasteiger partial charge on any atom is -0.496 e. The van der Waals surface area contributed by atoms with Crippen molar-refractivity contribution in [2.45, 2.75) is 6.18 Å². The molecule has 0 fully saturated rings. The molecule has 3 rings (SSSR count). The van der Waals surface area contributed by atoms with Gasteiger partial charge in [0.25, 0.3) is 0 Å². The first-order valence-electron chi connectivity index (χ1n) is 7.79. The molecule has 0 bridgehead atoms. The molecule has 1 aromatic carbocycles. The fourth-order valence-corrected chi connectivity index (χ4v) is 2.63. The molecule has 0 saturated heterocycles. The summed E-state index contributed by atoms with van der Waals surface area (Å²) < 4.78 is 45.6. The number of alkyl halides is 3. The number of anilines is 1. The number of halogens is 3. The highest BCUT2D eigenvalue weighted by molar-refractivity contribution is 5.79. The van der Waals surface area contributed by atoms with Gasteiger partial charge in [0.2, 0.25) is 5.95 Å². The van der Waals surface area contributed by atoms with Crippen LogP contribution in [0.5, 0.6) is 5.75 Å². The highest BCUT2D eigenvalue weighted by atomic mass is 19.4. The molecule has 26 heavy (non-hydrogen) atoms. The van der Waals surface area contributed by atoms with Gasteiger partial charge in [0, 0.05) is 19.2 Å². The van der Waals surface area contributed by atoms with E-state index in [1.807, 2.05) is 0 Å². The summed E-state index contributed by atoms with van der Waals surface area (Å²) in [5.74, 6) is 0.624. The number of fused-ring (bicyclic) bond motifs is 1. The van der Waals surface area contributed by atoms with E-state index < -0.39 is 11.7 Å². The molecule has 0 amide bonds. The number of aromatic nitrogens is 3. The summed E-state index contributed by atoms with van der Waals surface area (Å²) in [4.78, 5) is 8.80. The van der Waals surface area contributed by atoms with Crippen molar-refractivity contribution in [3.8, 4) is 17.0 Å². The lowest BCUT2D eigenvalue weighted by Gasteiger charge is -2.12. The highest BCUT2D eigenvalue weighted by Gasteiger charge is 2.31. The van der Waals surface area contributed by atoms with Crippen LogP contribution >= 0.6 is 0 Å². The number of hydrogen-bond acceptors (Lipinski definition) is 5. The van der Waals surface area contributed by atoms with Crippen molar-refractivity contribution in [3.05, 3.63) is 35.9 Å². The maximum Gasteiger partial charge on any atom is 0.416 e. The number of rotatable bonds is 5. The molecule has 0 spiro atoms. The number of aryl methyl sites for hydroxylation is 1. The van der Waals surface area contributed by atoms with E-state index in [1.54, 1.807) is 23.7 Å². The predicted molar refractivity (Wildman–Crippen MR) is 91.1 cm³/mol. The average Bonchev–Trinajstić information content (AvgIpc) is 2.93. The summed E-state index contributed by atoms with van der Waals surface area (Å²) in [6.07, 6.45) is -4.45. The number of hydrogen-bond donors (Lipinski definition) is 2. The maximum absolute atomic E-state index is 12.9. The lowest BCUT2D eigenvalue weighted by molar-refractivity contribution is -0.137. The van der Waals surface area contributed by atoms with Crippen molar-refractivity contribution in [2.24, 2.45) is 7.05 Å². The molecule has 0 aliphatic heterocycles. The molecule has 0 saturated carbocycles. The van der Waals surface area contributed by atoms with E-state index in [0.717, 1.165) is 17.6 Å². The third-order valence-electron chi connectivity index (χ3n) is 3.95. The van der Waals surface area contributed by atoms with E-state index in [0.29, 0.717) is 29.4 Å². The number of methoxy groups -OCH3 is 1. The Labute approximate surface area is 147 Å². The maximum atomic E-state index is 12.9. The first kappa shape index (κ1) is 18.0. The minimum absolute atomic E-state index is 0.0371. The molecular formula is C17H17F3N4O2. The molecular weight excluding hydrogens is 349 g/mol. The number of pyridine rings is 1. The number of nitrogens with zero attached hydrogens (tertiary/aromatic N) is 3. The summed E-state index contributed by atoms with van der Waals surface area (Å²) >= 11 is 0. The number of imidazole rings is 1. The fourth-order valence-electron chi connectivity index (χ4n) is 2.63. The number of aliphatic hydroxyl groups excluding tert-OH is 1. The van der Waals surface area contributed by atoms with Gasteiger partial charge in [0.15, 0.2) is 5.65 Å². The molecule has 0 atom stereocenters. The van der Waals surface area contributed by atoms with E-state index in [9.17, 15) is 13.2 Å². The summed E-state index contributed by atoms with van der Waals surface area (Å²) in [6.45, 7) is 0.307. The Hall–Kier alpha value is -2.81. The second kappa shape index (κ2) is 6.83. The standard InChI is InChI=1S/C17H17F3N4O2/c1-24-13-6-5-12(22-15(13)23-16(24)21-7-8-25)11-4-3-10(17(18,19)20)9-14(11)26-2/h3-6,9,25H,7-8H2,1-2H3,(H,21,22,23). The molecule has 6 nitrogen and oxygen atoms in total. The average molecular weight is 366 g/mol. The van der Waals surface area contributed by atoms with Crippen molar-refractivity contribution in [3.63, 3.8) is 0 Å². The Morgan fingerprint density at radius 3 is 2.62 bits per heavy atom. The number of benzene rings is 1. The van der Waals surface area contributed by atoms with Crippen molar-refractivity contribution in [1.29, 1.82) is 0 Å². The topological polar surface area (TPSA) is 72.2 Å². The van der Waals surface area contributed by atoms with Gasteiger partial charge in [0.05, 0.1) is 30.5 Å². The third kappa shape index (κ3) is 3.30. The van der Waals surface area contributed by atoms with Gasteiger partial charge in [0.1, 0.15) is 5.75 Å². The first-order valence-corrected chi connectivity index (χ1v) is 7.79. The van der Waals surface area contributed by atoms with Gasteiger partial charge in [-0.3, -0.25) is 0 Å². The van der Waals surface area contributed by atoms with Gasteiger partial charge in [-0.25, -0.2) is 4.98 Å². The Kier molecular flexibility index (Phi) is 4.73. The zero-order valence-electron chi connectivity index (χ0n) is 14.1. The van der Waals surface area contributed by atoms with E-state index in [-0.39, 0.29) is 12.4 Å². The number of nitrogens with one attached hydrogen (secondary N) is 1. The van der Waals surface area contributed by atoms with Crippen LogP contribution < -0.4 is 10.1 Å². The van der Waals surface area contributed by atoms with Gasteiger partial charge in [-0.05, 0) is 30.3 Å². The first-order chi connectivity index (χ1) is 12.3. The molecule has 2 N–H and O–H groups in total. The van der Waals surface area contributed by atoms with Crippen LogP contribution in [0.25, 0.3) is 22.4 Å². The number of ether oxygens (including phenoxy) is 1. The summed E-state index contributed by atoms with van der Waals surface area (Å²) in [6, 6.07) is 6.77. The van der Waals surface area contributed by atoms with Crippen LogP contribution in [0.1, 0.15) is 5.56 Å². The number of aliphatic hydroxyl groups is 1. The van der Waals surface area contributed by atoms with E-state index >= 15 is 0 Å². The quantitative estimate of drug-likeness (QED) is 0.726. The Morgan fingerprint density at radius 2 is 1.96 bits per heavy atom. The van der Waals surface area contributed by atoms with E-state index in [1.165, 1.54) is 13.2 Å². The summed E-state index contributed by atoms with van der Waals surface area (Å²) in [5.41, 5.74) is 1.30. The van der Waals surface area contributed by atoms with Gasteiger partial charge < -0.3 is 19.7 Å². The van der Waals surface area contributed by atoms with Crippen molar-refractivity contribution in [2.75, 3.05) is 25.6 Å². The fraction of sp³-hybridized carbons (Fsp3) is 0.294. The smallest absolute Gasteiger partial charge is 0.416 e. The van der Waals surface area contributed by atoms with Gasteiger partial charge in [-0.2, -0.15) is 18.2 Å². The Bertz CT molecular complexity index is 938. The normalized spacial score (nSPS) is 11.8. The monoisotopic (exact) mass is 366 g/mol. The Morgan fingerprint density at radius 1 is 1.19 bits per heavy atom. The van der Waals surface area contributed by atoms with Crippen LogP contribution in [0.2, 0.25) is 0 Å². The largest absolute Gasteiger partial charge is 0.496 e. The summed E-state index contributed by atoms with van der Waals surface area (Å²) in [5, 5.41) is 11.9.